The van der Waals surface area contributed by atoms with Gasteiger partial charge in [0, 0.05) is 24.8 Å². The molecule has 7 nitrogen and oxygen atoms in total. The predicted molar refractivity (Wildman–Crippen MR) is 105 cm³/mol. The molecule has 0 aliphatic heterocycles. The molecule has 9 heteroatoms. The quantitative estimate of drug-likeness (QED) is 0.514. The molecule has 0 amide bonds. The second kappa shape index (κ2) is 6.48. The molecule has 0 unspecified atom stereocenters. The van der Waals surface area contributed by atoms with E-state index in [0.29, 0.717) is 16.8 Å². The maximum Gasteiger partial charge on any atom is 0.269 e. The lowest BCUT2D eigenvalue weighted by molar-refractivity contribution is 0.589. The average Bonchev–Trinajstić information content (AvgIpc) is 3.26. The number of fused-ring (bicyclic) bond motifs is 1. The van der Waals surface area contributed by atoms with Crippen LogP contribution in [0.2, 0.25) is 5.02 Å². The fraction of sp³-hybridized carbons (Fsp3) is 0.105. The lowest BCUT2D eigenvalue weighted by Crippen LogP contribution is -2.15. The average molecular weight is 412 g/mol. The molecule has 28 heavy (non-hydrogen) atoms. The molecule has 1 aromatic carbocycles. The number of rotatable bonds is 3. The molecule has 0 bridgehead atoms. The van der Waals surface area contributed by atoms with Gasteiger partial charge in [0.15, 0.2) is 5.65 Å². The van der Waals surface area contributed by atoms with Crippen LogP contribution >= 0.6 is 11.6 Å². The Labute approximate surface area is 166 Å². The summed E-state index contributed by atoms with van der Waals surface area (Å²) in [7, 11) is -2.26. The molecular formula is C19H14ClN5O2S. The normalized spacial score (nSPS) is 11.6. The predicted octanol–water partition coefficient (Wildman–Crippen LogP) is 3.51. The van der Waals surface area contributed by atoms with E-state index in [9.17, 15) is 13.7 Å². The smallest absolute Gasteiger partial charge is 0.266 e. The van der Waals surface area contributed by atoms with Crippen LogP contribution in [0.4, 0.5) is 0 Å². The van der Waals surface area contributed by atoms with Crippen LogP contribution in [0.5, 0.6) is 0 Å². The van der Waals surface area contributed by atoms with Crippen molar-refractivity contribution in [3.8, 4) is 17.5 Å². The summed E-state index contributed by atoms with van der Waals surface area (Å²) in [6.45, 7) is 1.88. The van der Waals surface area contributed by atoms with E-state index in [-0.39, 0.29) is 21.1 Å². The summed E-state index contributed by atoms with van der Waals surface area (Å²) in [6, 6.07) is 11.9. The van der Waals surface area contributed by atoms with E-state index in [1.807, 2.05) is 13.0 Å². The van der Waals surface area contributed by atoms with Crippen molar-refractivity contribution in [1.29, 1.82) is 5.26 Å². The highest BCUT2D eigenvalue weighted by molar-refractivity contribution is 7.90. The van der Waals surface area contributed by atoms with Crippen LogP contribution < -0.4 is 0 Å². The number of nitriles is 1. The van der Waals surface area contributed by atoms with Crippen molar-refractivity contribution in [1.82, 2.24) is 18.7 Å². The standard InChI is InChI=1S/C19H14ClN5O2S/c1-12-3-5-14(6-4-12)28(26,27)25-17(16-7-8-23-24(16)2)9-15-18(20)13(10-21)11-22-19(15)25/h3-9,11H,1-2H3. The molecule has 4 rings (SSSR count). The Morgan fingerprint density at radius 2 is 1.86 bits per heavy atom. The molecule has 0 radical (unpaired) electrons. The Bertz CT molecular complexity index is 1360. The molecule has 4 aromatic rings. The maximum absolute atomic E-state index is 13.5. The van der Waals surface area contributed by atoms with Crippen LogP contribution in [0.1, 0.15) is 11.1 Å². The molecule has 0 atom stereocenters. The molecule has 0 fully saturated rings. The first kappa shape index (κ1) is 18.2. The Balaban J connectivity index is 2.12. The van der Waals surface area contributed by atoms with Gasteiger partial charge < -0.3 is 0 Å². The van der Waals surface area contributed by atoms with Gasteiger partial charge in [0.25, 0.3) is 10.0 Å². The van der Waals surface area contributed by atoms with Gasteiger partial charge >= 0.3 is 0 Å². The van der Waals surface area contributed by atoms with Crippen molar-refractivity contribution in [3.05, 3.63) is 64.9 Å². The van der Waals surface area contributed by atoms with Crippen LogP contribution in [0.3, 0.4) is 0 Å². The summed E-state index contributed by atoms with van der Waals surface area (Å²) in [5.74, 6) is 0. The minimum atomic E-state index is -3.98. The van der Waals surface area contributed by atoms with Crippen molar-refractivity contribution >= 4 is 32.7 Å². The summed E-state index contributed by atoms with van der Waals surface area (Å²) < 4.78 is 29.7. The second-order valence-corrected chi connectivity index (χ2v) is 8.45. The first-order valence-electron chi connectivity index (χ1n) is 8.25. The van der Waals surface area contributed by atoms with Crippen LogP contribution in [0.25, 0.3) is 22.4 Å². The molecule has 3 heterocycles. The Morgan fingerprint density at radius 3 is 2.46 bits per heavy atom. The van der Waals surface area contributed by atoms with Crippen molar-refractivity contribution in [3.63, 3.8) is 0 Å². The highest BCUT2D eigenvalue weighted by atomic mass is 35.5. The van der Waals surface area contributed by atoms with E-state index in [4.69, 9.17) is 11.6 Å². The second-order valence-electron chi connectivity index (χ2n) is 6.29. The van der Waals surface area contributed by atoms with Gasteiger partial charge in [-0.05, 0) is 31.2 Å². The van der Waals surface area contributed by atoms with Gasteiger partial charge in [0.05, 0.1) is 26.9 Å². The number of aryl methyl sites for hydroxylation is 2. The molecule has 0 aliphatic rings. The highest BCUT2D eigenvalue weighted by Crippen LogP contribution is 2.35. The Hall–Kier alpha value is -3.15. The number of benzene rings is 1. The van der Waals surface area contributed by atoms with Gasteiger partial charge in [-0.2, -0.15) is 10.4 Å². The molecule has 3 aromatic heterocycles. The minimum Gasteiger partial charge on any atom is -0.266 e. The van der Waals surface area contributed by atoms with Crippen LogP contribution in [0, 0.1) is 18.3 Å². The zero-order chi connectivity index (χ0) is 20.1. The van der Waals surface area contributed by atoms with Crippen molar-refractivity contribution in [2.45, 2.75) is 11.8 Å². The van der Waals surface area contributed by atoms with Gasteiger partial charge in [0.1, 0.15) is 6.07 Å². The molecule has 0 aliphatic carbocycles. The van der Waals surface area contributed by atoms with E-state index in [1.165, 1.54) is 6.20 Å². The SMILES string of the molecule is Cc1ccc(S(=O)(=O)n2c(-c3ccnn3C)cc3c(Cl)c(C#N)cnc32)cc1. The van der Waals surface area contributed by atoms with Crippen LogP contribution in [-0.4, -0.2) is 27.2 Å². The lowest BCUT2D eigenvalue weighted by Gasteiger charge is -2.12. The lowest BCUT2D eigenvalue weighted by atomic mass is 10.2. The third kappa shape index (κ3) is 2.68. The van der Waals surface area contributed by atoms with E-state index < -0.39 is 10.0 Å². The van der Waals surface area contributed by atoms with Crippen molar-refractivity contribution < 1.29 is 8.42 Å². The van der Waals surface area contributed by atoms with Gasteiger partial charge in [-0.1, -0.05) is 29.3 Å². The summed E-state index contributed by atoms with van der Waals surface area (Å²) >= 11 is 6.35. The third-order valence-corrected chi connectivity index (χ3v) is 6.61. The van der Waals surface area contributed by atoms with Crippen LogP contribution in [0.15, 0.2) is 53.7 Å². The van der Waals surface area contributed by atoms with Gasteiger partial charge in [0.2, 0.25) is 0 Å². The van der Waals surface area contributed by atoms with Gasteiger partial charge in [-0.25, -0.2) is 17.4 Å². The van der Waals surface area contributed by atoms with Gasteiger partial charge in [-0.3, -0.25) is 4.68 Å². The Kier molecular flexibility index (Phi) is 4.22. The zero-order valence-corrected chi connectivity index (χ0v) is 16.5. The molecule has 0 spiro atoms. The number of nitrogens with zero attached hydrogens (tertiary/aromatic N) is 5. The maximum atomic E-state index is 13.5. The molecule has 0 saturated carbocycles. The van der Waals surface area contributed by atoms with E-state index in [2.05, 4.69) is 10.1 Å². The largest absolute Gasteiger partial charge is 0.269 e. The van der Waals surface area contributed by atoms with Gasteiger partial charge in [-0.15, -0.1) is 0 Å². The van der Waals surface area contributed by atoms with E-state index >= 15 is 0 Å². The molecule has 140 valence electrons. The fourth-order valence-corrected chi connectivity index (χ4v) is 4.73. The monoisotopic (exact) mass is 411 g/mol. The van der Waals surface area contributed by atoms with E-state index in [0.717, 1.165) is 9.54 Å². The third-order valence-electron chi connectivity index (χ3n) is 4.48. The van der Waals surface area contributed by atoms with Crippen molar-refractivity contribution in [2.24, 2.45) is 7.05 Å². The topological polar surface area (TPSA) is 93.6 Å². The number of hydrogen-bond donors (Lipinski definition) is 0. The number of halogens is 1. The summed E-state index contributed by atoms with van der Waals surface area (Å²) in [6.07, 6.45) is 2.85. The Morgan fingerprint density at radius 1 is 1.14 bits per heavy atom. The molecular weight excluding hydrogens is 398 g/mol. The first-order chi connectivity index (χ1) is 13.3. The minimum absolute atomic E-state index is 0.126. The van der Waals surface area contributed by atoms with Crippen LogP contribution in [-0.2, 0) is 17.1 Å². The highest BCUT2D eigenvalue weighted by Gasteiger charge is 2.27. The number of pyridine rings is 1. The first-order valence-corrected chi connectivity index (χ1v) is 10.1. The fourth-order valence-electron chi connectivity index (χ4n) is 3.03. The summed E-state index contributed by atoms with van der Waals surface area (Å²) in [5.41, 5.74) is 2.21. The summed E-state index contributed by atoms with van der Waals surface area (Å²) in [5, 5.41) is 13.9. The molecule has 0 N–H and O–H groups in total. The summed E-state index contributed by atoms with van der Waals surface area (Å²) in [4.78, 5) is 4.36. The zero-order valence-electron chi connectivity index (χ0n) is 15.0. The molecule has 0 saturated heterocycles. The number of hydrogen-bond acceptors (Lipinski definition) is 5. The van der Waals surface area contributed by atoms with Crippen molar-refractivity contribution in [2.75, 3.05) is 0 Å². The van der Waals surface area contributed by atoms with E-state index in [1.54, 1.807) is 54.3 Å². The number of aromatic nitrogens is 4.